The summed E-state index contributed by atoms with van der Waals surface area (Å²) in [4.78, 5) is 2.32. The van der Waals surface area contributed by atoms with Crippen molar-refractivity contribution in [1.29, 1.82) is 0 Å². The zero-order valence-electron chi connectivity index (χ0n) is 14.6. The van der Waals surface area contributed by atoms with Gasteiger partial charge in [0.25, 0.3) is 0 Å². The first-order valence-electron chi connectivity index (χ1n) is 8.33. The highest BCUT2D eigenvalue weighted by Gasteiger charge is 2.10. The van der Waals surface area contributed by atoms with E-state index in [1.54, 1.807) is 0 Å². The SMILES string of the molecule is Cn1cc[n+](C)c1N=Nc1ccc(N(CCCN)CCCN)cc1. The van der Waals surface area contributed by atoms with Gasteiger partial charge in [-0.15, -0.1) is 0 Å². The lowest BCUT2D eigenvalue weighted by molar-refractivity contribution is -0.657. The lowest BCUT2D eigenvalue weighted by atomic mass is 10.2. The van der Waals surface area contributed by atoms with E-state index in [4.69, 9.17) is 11.5 Å². The van der Waals surface area contributed by atoms with E-state index in [-0.39, 0.29) is 0 Å². The zero-order chi connectivity index (χ0) is 17.4. The summed E-state index contributed by atoms with van der Waals surface area (Å²) in [5.74, 6) is 0.798. The second kappa shape index (κ2) is 9.14. The van der Waals surface area contributed by atoms with Crippen LogP contribution >= 0.6 is 0 Å². The third-order valence-electron chi connectivity index (χ3n) is 3.88. The number of azo groups is 1. The first-order chi connectivity index (χ1) is 11.7. The van der Waals surface area contributed by atoms with Gasteiger partial charge in [-0.25, -0.2) is 9.13 Å². The molecule has 1 heterocycles. The Kier molecular flexibility index (Phi) is 6.89. The van der Waals surface area contributed by atoms with Gasteiger partial charge in [0.1, 0.15) is 5.69 Å². The Labute approximate surface area is 143 Å². The highest BCUT2D eigenvalue weighted by molar-refractivity contribution is 5.52. The highest BCUT2D eigenvalue weighted by Crippen LogP contribution is 2.21. The van der Waals surface area contributed by atoms with Crippen molar-refractivity contribution in [1.82, 2.24) is 4.57 Å². The van der Waals surface area contributed by atoms with E-state index in [2.05, 4.69) is 27.3 Å². The van der Waals surface area contributed by atoms with Crippen molar-refractivity contribution >= 4 is 17.3 Å². The Bertz CT molecular complexity index is 618. The maximum atomic E-state index is 5.64. The minimum absolute atomic E-state index is 0.694. The number of imidazole rings is 1. The number of hydrogen-bond acceptors (Lipinski definition) is 5. The molecule has 1 aromatic carbocycles. The fourth-order valence-electron chi connectivity index (χ4n) is 2.49. The number of anilines is 1. The van der Waals surface area contributed by atoms with Crippen molar-refractivity contribution in [3.63, 3.8) is 0 Å². The lowest BCUT2D eigenvalue weighted by Crippen LogP contribution is -2.28. The number of benzene rings is 1. The molecule has 4 N–H and O–H groups in total. The van der Waals surface area contributed by atoms with Crippen LogP contribution in [-0.4, -0.2) is 30.7 Å². The fraction of sp³-hybridized carbons (Fsp3) is 0.471. The first kappa shape index (κ1) is 18.1. The van der Waals surface area contributed by atoms with E-state index in [0.717, 1.165) is 37.6 Å². The standard InChI is InChI=1S/C17H28N7/c1-22-13-14-23(2)17(22)21-20-15-5-7-16(8-6-15)24(11-3-9-18)12-4-10-19/h5-8,13-14H,3-4,9-12,18-19H2,1-2H3/q+1. The van der Waals surface area contributed by atoms with E-state index in [9.17, 15) is 0 Å². The summed E-state index contributed by atoms with van der Waals surface area (Å²) in [5, 5.41) is 8.63. The third-order valence-corrected chi connectivity index (χ3v) is 3.88. The molecule has 2 aromatic rings. The molecule has 7 nitrogen and oxygen atoms in total. The third kappa shape index (κ3) is 4.87. The largest absolute Gasteiger partial charge is 0.421 e. The van der Waals surface area contributed by atoms with E-state index in [1.807, 2.05) is 47.8 Å². The molecule has 7 heteroatoms. The molecule has 0 aliphatic carbocycles. The van der Waals surface area contributed by atoms with E-state index >= 15 is 0 Å². The second-order valence-corrected chi connectivity index (χ2v) is 5.81. The van der Waals surface area contributed by atoms with Crippen LogP contribution in [0.4, 0.5) is 17.3 Å². The molecule has 0 radical (unpaired) electrons. The number of nitrogens with zero attached hydrogens (tertiary/aromatic N) is 5. The molecule has 0 saturated carbocycles. The Balaban J connectivity index is 2.07. The average Bonchev–Trinajstić information content (AvgIpc) is 2.92. The van der Waals surface area contributed by atoms with Crippen LogP contribution in [0.3, 0.4) is 0 Å². The number of nitrogens with two attached hydrogens (primary N) is 2. The van der Waals surface area contributed by atoms with Gasteiger partial charge in [-0.1, -0.05) is 5.11 Å². The Morgan fingerprint density at radius 2 is 1.67 bits per heavy atom. The Morgan fingerprint density at radius 1 is 1.04 bits per heavy atom. The molecule has 130 valence electrons. The lowest BCUT2D eigenvalue weighted by Gasteiger charge is -2.24. The number of hydrogen-bond donors (Lipinski definition) is 2. The van der Waals surface area contributed by atoms with Crippen LogP contribution in [0.25, 0.3) is 0 Å². The Hall–Kier alpha value is -2.25. The molecule has 0 amide bonds. The fourth-order valence-corrected chi connectivity index (χ4v) is 2.49. The van der Waals surface area contributed by atoms with Gasteiger partial charge >= 0.3 is 5.95 Å². The normalized spacial score (nSPS) is 11.3. The molecule has 0 aliphatic rings. The van der Waals surface area contributed by atoms with Crippen molar-refractivity contribution in [2.24, 2.45) is 35.8 Å². The number of aryl methyl sites for hydroxylation is 2. The topological polar surface area (TPSA) is 88.8 Å². The van der Waals surface area contributed by atoms with E-state index in [0.29, 0.717) is 13.1 Å². The van der Waals surface area contributed by atoms with Crippen LogP contribution in [0.15, 0.2) is 46.9 Å². The molecule has 2 rings (SSSR count). The van der Waals surface area contributed by atoms with Gasteiger partial charge < -0.3 is 16.4 Å². The van der Waals surface area contributed by atoms with Crippen LogP contribution in [0.2, 0.25) is 0 Å². The summed E-state index contributed by atoms with van der Waals surface area (Å²) >= 11 is 0. The molecular formula is C17H28N7+. The van der Waals surface area contributed by atoms with Gasteiger partial charge in [-0.3, -0.25) is 0 Å². The molecular weight excluding hydrogens is 302 g/mol. The highest BCUT2D eigenvalue weighted by atomic mass is 15.3. The average molecular weight is 330 g/mol. The van der Waals surface area contributed by atoms with Crippen LogP contribution in [-0.2, 0) is 14.1 Å². The predicted octanol–water partition coefficient (Wildman–Crippen LogP) is 1.77. The van der Waals surface area contributed by atoms with Crippen LogP contribution in [0.5, 0.6) is 0 Å². The molecule has 0 unspecified atom stereocenters. The van der Waals surface area contributed by atoms with Gasteiger partial charge in [0.2, 0.25) is 0 Å². The van der Waals surface area contributed by atoms with Crippen molar-refractivity contribution in [3.8, 4) is 0 Å². The van der Waals surface area contributed by atoms with E-state index in [1.165, 1.54) is 5.69 Å². The summed E-state index contributed by atoms with van der Waals surface area (Å²) in [5.41, 5.74) is 13.3. The molecule has 24 heavy (non-hydrogen) atoms. The number of rotatable bonds is 9. The molecule has 0 saturated heterocycles. The maximum Gasteiger partial charge on any atom is 0.421 e. The molecule has 0 fully saturated rings. The summed E-state index contributed by atoms with van der Waals surface area (Å²) < 4.78 is 3.86. The molecule has 0 bridgehead atoms. The number of aromatic nitrogens is 2. The Morgan fingerprint density at radius 3 is 2.17 bits per heavy atom. The van der Waals surface area contributed by atoms with Crippen molar-refractivity contribution in [2.75, 3.05) is 31.1 Å². The second-order valence-electron chi connectivity index (χ2n) is 5.81. The van der Waals surface area contributed by atoms with Gasteiger partial charge in [-0.2, -0.15) is 0 Å². The quantitative estimate of drug-likeness (QED) is 0.542. The van der Waals surface area contributed by atoms with Crippen molar-refractivity contribution < 1.29 is 4.57 Å². The summed E-state index contributed by atoms with van der Waals surface area (Å²) in [6, 6.07) is 8.12. The predicted molar refractivity (Wildman–Crippen MR) is 96.8 cm³/mol. The summed E-state index contributed by atoms with van der Waals surface area (Å²) in [7, 11) is 3.90. The minimum atomic E-state index is 0.694. The van der Waals surface area contributed by atoms with Gasteiger partial charge in [-0.05, 0) is 50.2 Å². The maximum absolute atomic E-state index is 5.64. The van der Waals surface area contributed by atoms with Crippen molar-refractivity contribution in [2.45, 2.75) is 12.8 Å². The van der Waals surface area contributed by atoms with Gasteiger partial charge in [0, 0.05) is 23.9 Å². The molecule has 0 atom stereocenters. The summed E-state index contributed by atoms with van der Waals surface area (Å²) in [6.45, 7) is 3.27. The molecule has 0 spiro atoms. The van der Waals surface area contributed by atoms with Crippen LogP contribution < -0.4 is 20.9 Å². The monoisotopic (exact) mass is 330 g/mol. The van der Waals surface area contributed by atoms with Crippen LogP contribution in [0, 0.1) is 0 Å². The first-order valence-corrected chi connectivity index (χ1v) is 8.33. The minimum Gasteiger partial charge on any atom is -0.371 e. The summed E-state index contributed by atoms with van der Waals surface area (Å²) in [6.07, 6.45) is 5.83. The van der Waals surface area contributed by atoms with Gasteiger partial charge in [0.15, 0.2) is 0 Å². The molecule has 1 aromatic heterocycles. The zero-order valence-corrected chi connectivity index (χ0v) is 14.6. The van der Waals surface area contributed by atoms with E-state index < -0.39 is 0 Å². The van der Waals surface area contributed by atoms with Gasteiger partial charge in [0.05, 0.1) is 26.5 Å². The smallest absolute Gasteiger partial charge is 0.371 e. The van der Waals surface area contributed by atoms with Crippen LogP contribution in [0.1, 0.15) is 12.8 Å². The molecule has 0 aliphatic heterocycles. The van der Waals surface area contributed by atoms with Crippen molar-refractivity contribution in [3.05, 3.63) is 36.7 Å².